The summed E-state index contributed by atoms with van der Waals surface area (Å²) < 4.78 is 9.60. The van der Waals surface area contributed by atoms with E-state index in [4.69, 9.17) is 4.74 Å². The Kier molecular flexibility index (Phi) is 4.70. The van der Waals surface area contributed by atoms with E-state index in [1.807, 2.05) is 13.0 Å². The summed E-state index contributed by atoms with van der Waals surface area (Å²) in [5.74, 6) is 1.08. The Morgan fingerprint density at radius 1 is 1.36 bits per heavy atom. The van der Waals surface area contributed by atoms with Gasteiger partial charge in [0.25, 0.3) is 5.91 Å². The Balaban J connectivity index is 1.61. The average molecular weight is 357 g/mol. The third kappa shape index (κ3) is 3.27. The molecule has 2 aliphatic rings. The molecule has 4 rings (SSSR count). The number of fused-ring (bicyclic) bond motifs is 1. The van der Waals surface area contributed by atoms with E-state index in [0.29, 0.717) is 17.5 Å². The molecule has 1 aromatic carbocycles. The Morgan fingerprint density at radius 3 is 3.00 bits per heavy atom. The van der Waals surface area contributed by atoms with Crippen molar-refractivity contribution < 1.29 is 9.53 Å². The fourth-order valence-corrected chi connectivity index (χ4v) is 4.56. The minimum Gasteiger partial charge on any atom is -0.493 e. The maximum atomic E-state index is 13.2. The molecular weight excluding hydrogens is 334 g/mol. The van der Waals surface area contributed by atoms with Crippen LogP contribution in [0.2, 0.25) is 0 Å². The molecule has 0 radical (unpaired) electrons. The van der Waals surface area contributed by atoms with Crippen LogP contribution in [0.4, 0.5) is 0 Å². The first-order valence-corrected chi connectivity index (χ1v) is 9.90. The van der Waals surface area contributed by atoms with Crippen LogP contribution >= 0.6 is 11.5 Å². The number of hydrogen-bond donors (Lipinski definition) is 0. The van der Waals surface area contributed by atoms with Crippen LogP contribution in [0.1, 0.15) is 59.1 Å². The second kappa shape index (κ2) is 7.12. The van der Waals surface area contributed by atoms with Gasteiger partial charge in [0.05, 0.1) is 12.3 Å². The maximum Gasteiger partial charge on any atom is 0.268 e. The van der Waals surface area contributed by atoms with Crippen molar-refractivity contribution in [2.45, 2.75) is 58.0 Å². The highest BCUT2D eigenvalue weighted by molar-refractivity contribution is 7.08. The Hall–Kier alpha value is -1.95. The summed E-state index contributed by atoms with van der Waals surface area (Å²) in [5, 5.41) is 4.12. The van der Waals surface area contributed by atoms with Crippen LogP contribution in [0.25, 0.3) is 0 Å². The lowest BCUT2D eigenvalue weighted by molar-refractivity contribution is 0.0668. The van der Waals surface area contributed by atoms with E-state index in [9.17, 15) is 4.79 Å². The van der Waals surface area contributed by atoms with Crippen molar-refractivity contribution in [3.05, 3.63) is 39.9 Å². The summed E-state index contributed by atoms with van der Waals surface area (Å²) in [6.45, 7) is 3.43. The molecule has 0 unspecified atom stereocenters. The monoisotopic (exact) mass is 357 g/mol. The molecule has 0 N–H and O–H groups in total. The molecule has 6 heteroatoms. The molecule has 1 fully saturated rings. The number of aryl methyl sites for hydroxylation is 1. The molecule has 0 saturated heterocycles. The van der Waals surface area contributed by atoms with E-state index in [-0.39, 0.29) is 5.91 Å². The summed E-state index contributed by atoms with van der Waals surface area (Å²) in [4.78, 5) is 16.0. The number of hydrogen-bond acceptors (Lipinski definition) is 5. The van der Waals surface area contributed by atoms with Crippen molar-refractivity contribution in [3.63, 3.8) is 0 Å². The summed E-state index contributed by atoms with van der Waals surface area (Å²) >= 11 is 1.23. The first-order chi connectivity index (χ1) is 12.3. The van der Waals surface area contributed by atoms with Crippen LogP contribution in [0.3, 0.4) is 0 Å². The zero-order valence-electron chi connectivity index (χ0n) is 14.5. The smallest absolute Gasteiger partial charge is 0.268 e. The van der Waals surface area contributed by atoms with Crippen LogP contribution in [-0.2, 0) is 19.4 Å². The van der Waals surface area contributed by atoms with Gasteiger partial charge in [0, 0.05) is 19.0 Å². The Labute approximate surface area is 152 Å². The molecule has 5 nitrogen and oxygen atoms in total. The standard InChI is InChI=1S/C19H23N3O2S/c1-2-16-18(25-21-20-16)19(23)22(15-5-3-4-6-15)12-13-7-8-17-14(11-13)9-10-24-17/h7-8,11,15H,2-6,9-10,12H2,1H3. The van der Waals surface area contributed by atoms with E-state index in [1.54, 1.807) is 0 Å². The van der Waals surface area contributed by atoms with Crippen LogP contribution in [0, 0.1) is 0 Å². The SMILES string of the molecule is CCc1nnsc1C(=O)N(Cc1ccc2c(c1)CCO2)C1CCCC1. The predicted octanol–water partition coefficient (Wildman–Crippen LogP) is 3.62. The van der Waals surface area contributed by atoms with Gasteiger partial charge >= 0.3 is 0 Å². The zero-order chi connectivity index (χ0) is 17.2. The quantitative estimate of drug-likeness (QED) is 0.820. The minimum atomic E-state index is 0.0931. The number of carbonyl (C=O) groups excluding carboxylic acids is 1. The first kappa shape index (κ1) is 16.5. The number of carbonyl (C=O) groups is 1. The molecule has 0 bridgehead atoms. The number of aromatic nitrogens is 2. The van der Waals surface area contributed by atoms with Gasteiger partial charge in [0.15, 0.2) is 0 Å². The second-order valence-corrected chi connectivity index (χ2v) is 7.57. The van der Waals surface area contributed by atoms with Gasteiger partial charge in [-0.05, 0) is 48.0 Å². The van der Waals surface area contributed by atoms with E-state index < -0.39 is 0 Å². The van der Waals surface area contributed by atoms with Crippen molar-refractivity contribution in [1.29, 1.82) is 0 Å². The summed E-state index contributed by atoms with van der Waals surface area (Å²) in [6, 6.07) is 6.65. The predicted molar refractivity (Wildman–Crippen MR) is 97.1 cm³/mol. The molecule has 1 aliphatic carbocycles. The number of ether oxygens (including phenoxy) is 1. The lowest BCUT2D eigenvalue weighted by atomic mass is 10.1. The van der Waals surface area contributed by atoms with Gasteiger partial charge in [0.1, 0.15) is 10.6 Å². The molecule has 1 saturated carbocycles. The van der Waals surface area contributed by atoms with Gasteiger partial charge < -0.3 is 9.64 Å². The molecule has 0 atom stereocenters. The average Bonchev–Trinajstić information content (AvgIpc) is 3.39. The van der Waals surface area contributed by atoms with E-state index in [2.05, 4.69) is 26.6 Å². The second-order valence-electron chi connectivity index (χ2n) is 6.81. The van der Waals surface area contributed by atoms with Crippen molar-refractivity contribution in [3.8, 4) is 5.75 Å². The first-order valence-electron chi connectivity index (χ1n) is 9.13. The molecule has 1 aromatic heterocycles. The van der Waals surface area contributed by atoms with E-state index in [1.165, 1.54) is 35.5 Å². The molecule has 0 spiro atoms. The summed E-state index contributed by atoms with van der Waals surface area (Å²) in [6.07, 6.45) is 6.29. The number of nitrogens with zero attached hydrogens (tertiary/aromatic N) is 3. The Bertz CT molecular complexity index is 768. The molecule has 1 amide bonds. The van der Waals surface area contributed by atoms with Crippen LogP contribution < -0.4 is 4.74 Å². The zero-order valence-corrected chi connectivity index (χ0v) is 15.3. The number of amides is 1. The van der Waals surface area contributed by atoms with Crippen LogP contribution in [-0.4, -0.2) is 33.0 Å². The molecule has 1 aliphatic heterocycles. The third-order valence-corrected chi connectivity index (χ3v) is 5.97. The van der Waals surface area contributed by atoms with Gasteiger partial charge in [-0.1, -0.05) is 36.4 Å². The van der Waals surface area contributed by atoms with Gasteiger partial charge in [-0.15, -0.1) is 5.10 Å². The topological polar surface area (TPSA) is 55.3 Å². The van der Waals surface area contributed by atoms with Crippen molar-refractivity contribution >= 4 is 17.4 Å². The molecular formula is C19H23N3O2S. The number of rotatable bonds is 5. The summed E-state index contributed by atoms with van der Waals surface area (Å²) in [7, 11) is 0. The largest absolute Gasteiger partial charge is 0.493 e. The Morgan fingerprint density at radius 2 is 2.20 bits per heavy atom. The molecule has 2 heterocycles. The van der Waals surface area contributed by atoms with Crippen molar-refractivity contribution in [1.82, 2.24) is 14.5 Å². The van der Waals surface area contributed by atoms with Gasteiger partial charge in [-0.3, -0.25) is 4.79 Å². The molecule has 132 valence electrons. The van der Waals surface area contributed by atoms with E-state index >= 15 is 0 Å². The number of benzene rings is 1. The fourth-order valence-electron chi connectivity index (χ4n) is 3.85. The normalized spacial score (nSPS) is 16.7. The van der Waals surface area contributed by atoms with Gasteiger partial charge in [-0.2, -0.15) is 0 Å². The lowest BCUT2D eigenvalue weighted by Crippen LogP contribution is -2.38. The van der Waals surface area contributed by atoms with E-state index in [0.717, 1.165) is 43.7 Å². The highest BCUT2D eigenvalue weighted by atomic mass is 32.1. The van der Waals surface area contributed by atoms with Crippen molar-refractivity contribution in [2.24, 2.45) is 0 Å². The summed E-state index contributed by atoms with van der Waals surface area (Å²) in [5.41, 5.74) is 3.25. The maximum absolute atomic E-state index is 13.2. The van der Waals surface area contributed by atoms with Gasteiger partial charge in [0.2, 0.25) is 0 Å². The highest BCUT2D eigenvalue weighted by Gasteiger charge is 2.30. The molecule has 2 aromatic rings. The van der Waals surface area contributed by atoms with Crippen molar-refractivity contribution in [2.75, 3.05) is 6.61 Å². The lowest BCUT2D eigenvalue weighted by Gasteiger charge is -2.29. The van der Waals surface area contributed by atoms with Crippen LogP contribution in [0.5, 0.6) is 5.75 Å². The minimum absolute atomic E-state index is 0.0931. The molecule has 25 heavy (non-hydrogen) atoms. The third-order valence-electron chi connectivity index (χ3n) is 5.22. The van der Waals surface area contributed by atoms with Gasteiger partial charge in [-0.25, -0.2) is 0 Å². The highest BCUT2D eigenvalue weighted by Crippen LogP contribution is 2.30. The van der Waals surface area contributed by atoms with Crippen LogP contribution in [0.15, 0.2) is 18.2 Å². The fraction of sp³-hybridized carbons (Fsp3) is 0.526.